The van der Waals surface area contributed by atoms with Gasteiger partial charge in [-0.05, 0) is 30.8 Å². The zero-order valence-corrected chi connectivity index (χ0v) is 11.9. The summed E-state index contributed by atoms with van der Waals surface area (Å²) in [5.41, 5.74) is -2.53. The van der Waals surface area contributed by atoms with E-state index in [1.807, 2.05) is 19.1 Å². The Morgan fingerprint density at radius 2 is 1.80 bits per heavy atom. The molecule has 1 aromatic rings. The van der Waals surface area contributed by atoms with Crippen LogP contribution in [0.5, 0.6) is 0 Å². The maximum Gasteiger partial charge on any atom is 0.441 e. The molecule has 0 radical (unpaired) electrons. The fourth-order valence-electron chi connectivity index (χ4n) is 1.44. The van der Waals surface area contributed by atoms with Crippen LogP contribution in [0.25, 0.3) is 0 Å². The molecule has 0 aliphatic heterocycles. The third-order valence-corrected chi connectivity index (χ3v) is 3.18. The Morgan fingerprint density at radius 1 is 1.15 bits per heavy atom. The number of hydrogen-bond donors (Lipinski definition) is 2. The molecule has 0 spiro atoms. The van der Waals surface area contributed by atoms with Gasteiger partial charge in [0.1, 0.15) is 0 Å². The maximum absolute atomic E-state index is 11.8. The van der Waals surface area contributed by atoms with E-state index in [0.717, 1.165) is 5.56 Å². The Hall–Kier alpha value is -1.21. The van der Waals surface area contributed by atoms with E-state index in [1.165, 1.54) is 0 Å². The summed E-state index contributed by atoms with van der Waals surface area (Å²) in [6, 6.07) is 7.17. The highest BCUT2D eigenvalue weighted by molar-refractivity contribution is 8.00. The van der Waals surface area contributed by atoms with Gasteiger partial charge in [0.25, 0.3) is 5.91 Å². The molecule has 3 nitrogen and oxygen atoms in total. The largest absolute Gasteiger partial charge is 0.441 e. The molecule has 1 rings (SSSR count). The highest BCUT2D eigenvalue weighted by Gasteiger charge is 2.27. The second-order valence-electron chi connectivity index (χ2n) is 4.17. The molecule has 0 unspecified atom stereocenters. The lowest BCUT2D eigenvalue weighted by Gasteiger charge is -2.08. The van der Waals surface area contributed by atoms with Gasteiger partial charge in [0.2, 0.25) is 0 Å². The normalized spacial score (nSPS) is 11.4. The molecular weight excluding hydrogens is 289 g/mol. The zero-order valence-electron chi connectivity index (χ0n) is 11.1. The number of halogens is 3. The zero-order chi connectivity index (χ0) is 15.0. The lowest BCUT2D eigenvalue weighted by molar-refractivity contribution is -0.0327. The van der Waals surface area contributed by atoms with Crippen LogP contribution in [0.4, 0.5) is 13.2 Å². The van der Waals surface area contributed by atoms with Gasteiger partial charge in [0, 0.05) is 31.0 Å². The van der Waals surface area contributed by atoms with E-state index in [1.54, 1.807) is 12.1 Å². The molecule has 2 N–H and O–H groups in total. The molecule has 7 heteroatoms. The van der Waals surface area contributed by atoms with E-state index in [9.17, 15) is 18.0 Å². The third-order valence-electron chi connectivity index (χ3n) is 2.45. The SMILES string of the molecule is Cc1ccc(C(=O)NCCNCCSC(F)(F)F)cc1. The summed E-state index contributed by atoms with van der Waals surface area (Å²) in [5.74, 6) is -0.216. The van der Waals surface area contributed by atoms with E-state index in [4.69, 9.17) is 0 Å². The van der Waals surface area contributed by atoms with Gasteiger partial charge >= 0.3 is 5.51 Å². The number of nitrogens with one attached hydrogen (secondary N) is 2. The summed E-state index contributed by atoms with van der Waals surface area (Å²) in [7, 11) is 0. The summed E-state index contributed by atoms with van der Waals surface area (Å²) in [6.07, 6.45) is 0. The molecule has 0 aromatic heterocycles. The van der Waals surface area contributed by atoms with Crippen LogP contribution < -0.4 is 10.6 Å². The summed E-state index contributed by atoms with van der Waals surface area (Å²) >= 11 is -0.0537. The minimum Gasteiger partial charge on any atom is -0.351 e. The second-order valence-corrected chi connectivity index (χ2v) is 5.33. The molecule has 0 heterocycles. The molecule has 0 aliphatic carbocycles. The van der Waals surface area contributed by atoms with Crippen LogP contribution in [0.2, 0.25) is 0 Å². The summed E-state index contributed by atoms with van der Waals surface area (Å²) in [5, 5.41) is 5.53. The standard InChI is InChI=1S/C13H17F3N2OS/c1-10-2-4-11(5-3-10)12(19)18-7-6-17-8-9-20-13(14,15)16/h2-5,17H,6-9H2,1H3,(H,18,19). The van der Waals surface area contributed by atoms with E-state index in [0.29, 0.717) is 18.7 Å². The number of benzene rings is 1. The second kappa shape index (κ2) is 8.16. The summed E-state index contributed by atoms with van der Waals surface area (Å²) in [4.78, 5) is 11.7. The molecule has 0 atom stereocenters. The van der Waals surface area contributed by atoms with Gasteiger partial charge in [-0.2, -0.15) is 13.2 Å². The van der Waals surface area contributed by atoms with E-state index in [2.05, 4.69) is 10.6 Å². The molecule has 0 bridgehead atoms. The van der Waals surface area contributed by atoms with Gasteiger partial charge in [-0.1, -0.05) is 17.7 Å². The minimum absolute atomic E-state index is 0.0323. The lowest BCUT2D eigenvalue weighted by Crippen LogP contribution is -2.32. The van der Waals surface area contributed by atoms with Crippen LogP contribution in [-0.4, -0.2) is 36.8 Å². The van der Waals surface area contributed by atoms with Crippen molar-refractivity contribution in [2.24, 2.45) is 0 Å². The predicted octanol–water partition coefficient (Wildman–Crippen LogP) is 2.57. The summed E-state index contributed by atoms with van der Waals surface area (Å²) in [6.45, 7) is 3.01. The molecule has 0 aliphatic rings. The Kier molecular flexibility index (Phi) is 6.87. The first-order chi connectivity index (χ1) is 9.38. The maximum atomic E-state index is 11.8. The number of carbonyl (C=O) groups excluding carboxylic acids is 1. The molecule has 0 fully saturated rings. The number of carbonyl (C=O) groups is 1. The van der Waals surface area contributed by atoms with Gasteiger partial charge in [-0.15, -0.1) is 0 Å². The average Bonchev–Trinajstić information content (AvgIpc) is 2.37. The average molecular weight is 306 g/mol. The van der Waals surface area contributed by atoms with Crippen molar-refractivity contribution in [3.63, 3.8) is 0 Å². The fraction of sp³-hybridized carbons (Fsp3) is 0.462. The van der Waals surface area contributed by atoms with Crippen molar-refractivity contribution in [2.75, 3.05) is 25.4 Å². The molecule has 1 amide bonds. The van der Waals surface area contributed by atoms with E-state index in [-0.39, 0.29) is 30.0 Å². The lowest BCUT2D eigenvalue weighted by atomic mass is 10.1. The van der Waals surface area contributed by atoms with Gasteiger partial charge < -0.3 is 10.6 Å². The first-order valence-electron chi connectivity index (χ1n) is 6.15. The van der Waals surface area contributed by atoms with Crippen LogP contribution in [0, 0.1) is 6.92 Å². The quantitative estimate of drug-likeness (QED) is 0.761. The highest BCUT2D eigenvalue weighted by atomic mass is 32.2. The summed E-state index contributed by atoms with van der Waals surface area (Å²) < 4.78 is 35.5. The van der Waals surface area contributed by atoms with Crippen LogP contribution in [0.3, 0.4) is 0 Å². The van der Waals surface area contributed by atoms with E-state index >= 15 is 0 Å². The Labute approximate surface area is 120 Å². The van der Waals surface area contributed by atoms with Gasteiger partial charge in [-0.25, -0.2) is 0 Å². The Balaban J connectivity index is 2.09. The van der Waals surface area contributed by atoms with Crippen molar-refractivity contribution in [3.05, 3.63) is 35.4 Å². The van der Waals surface area contributed by atoms with Crippen molar-refractivity contribution in [2.45, 2.75) is 12.4 Å². The number of rotatable bonds is 7. The van der Waals surface area contributed by atoms with Crippen molar-refractivity contribution >= 4 is 17.7 Å². The number of amides is 1. The topological polar surface area (TPSA) is 41.1 Å². The van der Waals surface area contributed by atoms with Crippen LogP contribution in [0.15, 0.2) is 24.3 Å². The first kappa shape index (κ1) is 16.8. The van der Waals surface area contributed by atoms with Gasteiger partial charge in [0.05, 0.1) is 0 Å². The number of aryl methyl sites for hydroxylation is 1. The third kappa shape index (κ3) is 7.40. The highest BCUT2D eigenvalue weighted by Crippen LogP contribution is 2.29. The fourth-order valence-corrected chi connectivity index (χ4v) is 1.91. The molecule has 1 aromatic carbocycles. The van der Waals surface area contributed by atoms with Crippen molar-refractivity contribution in [3.8, 4) is 0 Å². The van der Waals surface area contributed by atoms with Crippen molar-refractivity contribution in [1.82, 2.24) is 10.6 Å². The molecular formula is C13H17F3N2OS. The number of alkyl halides is 3. The van der Waals surface area contributed by atoms with E-state index < -0.39 is 5.51 Å². The number of thioether (sulfide) groups is 1. The first-order valence-corrected chi connectivity index (χ1v) is 7.13. The number of hydrogen-bond acceptors (Lipinski definition) is 3. The molecule has 0 saturated heterocycles. The van der Waals surface area contributed by atoms with Gasteiger partial charge in [-0.3, -0.25) is 4.79 Å². The minimum atomic E-state index is -4.18. The van der Waals surface area contributed by atoms with Crippen molar-refractivity contribution in [1.29, 1.82) is 0 Å². The molecule has 20 heavy (non-hydrogen) atoms. The Bertz CT molecular complexity index is 421. The van der Waals surface area contributed by atoms with Crippen LogP contribution >= 0.6 is 11.8 Å². The van der Waals surface area contributed by atoms with Crippen molar-refractivity contribution < 1.29 is 18.0 Å². The smallest absolute Gasteiger partial charge is 0.351 e. The Morgan fingerprint density at radius 3 is 2.40 bits per heavy atom. The monoisotopic (exact) mass is 306 g/mol. The van der Waals surface area contributed by atoms with Crippen LogP contribution in [-0.2, 0) is 0 Å². The molecule has 0 saturated carbocycles. The van der Waals surface area contributed by atoms with Gasteiger partial charge in [0.15, 0.2) is 0 Å². The predicted molar refractivity (Wildman–Crippen MR) is 74.9 cm³/mol. The van der Waals surface area contributed by atoms with Crippen LogP contribution in [0.1, 0.15) is 15.9 Å². The molecule has 112 valence electrons.